The maximum atomic E-state index is 5.36. The van der Waals surface area contributed by atoms with Crippen molar-refractivity contribution in [1.29, 1.82) is 0 Å². The topological polar surface area (TPSA) is 41.3 Å². The van der Waals surface area contributed by atoms with E-state index in [4.69, 9.17) is 4.52 Å². The minimum Gasteiger partial charge on any atom is -0.360 e. The van der Waals surface area contributed by atoms with Crippen LogP contribution in [0, 0.1) is 5.92 Å². The lowest BCUT2D eigenvalue weighted by molar-refractivity contribution is 0.197. The zero-order valence-corrected chi connectivity index (χ0v) is 12.4. The number of hydrogen-bond donors (Lipinski definition) is 1. The Bertz CT molecular complexity index is 336. The summed E-state index contributed by atoms with van der Waals surface area (Å²) in [6, 6.07) is 2.61. The normalized spacial score (nSPS) is 13.5. The molecule has 1 atom stereocenters. The molecule has 0 aromatic carbocycles. The van der Waals surface area contributed by atoms with E-state index in [1.54, 1.807) is 0 Å². The van der Waals surface area contributed by atoms with Gasteiger partial charge in [0.1, 0.15) is 0 Å². The van der Waals surface area contributed by atoms with E-state index in [-0.39, 0.29) is 0 Å². The molecule has 4 nitrogen and oxygen atoms in total. The van der Waals surface area contributed by atoms with Gasteiger partial charge in [0.25, 0.3) is 0 Å². The molecule has 1 heterocycles. The molecule has 1 unspecified atom stereocenters. The lowest BCUT2D eigenvalue weighted by atomic mass is 10.0. The van der Waals surface area contributed by atoms with E-state index in [1.165, 1.54) is 6.42 Å². The molecule has 0 spiro atoms. The van der Waals surface area contributed by atoms with E-state index in [0.29, 0.717) is 6.04 Å². The number of hydrogen-bond acceptors (Lipinski definition) is 4. The van der Waals surface area contributed by atoms with Gasteiger partial charge in [-0.25, -0.2) is 0 Å². The largest absolute Gasteiger partial charge is 0.360 e. The van der Waals surface area contributed by atoms with Gasteiger partial charge in [0, 0.05) is 18.7 Å². The number of nitrogens with one attached hydrogen (secondary N) is 1. The van der Waals surface area contributed by atoms with Crippen molar-refractivity contribution >= 4 is 0 Å². The quantitative estimate of drug-likeness (QED) is 0.773. The van der Waals surface area contributed by atoms with Crippen LogP contribution in [0.3, 0.4) is 0 Å². The van der Waals surface area contributed by atoms with Gasteiger partial charge in [0.05, 0.1) is 12.2 Å². The van der Waals surface area contributed by atoms with E-state index >= 15 is 0 Å². The highest BCUT2D eigenvalue weighted by Crippen LogP contribution is 2.13. The van der Waals surface area contributed by atoms with Crippen LogP contribution in [0.15, 0.2) is 10.6 Å². The molecule has 0 aliphatic heterocycles. The predicted molar refractivity (Wildman–Crippen MR) is 74.3 cm³/mol. The van der Waals surface area contributed by atoms with Gasteiger partial charge >= 0.3 is 0 Å². The Balaban J connectivity index is 2.43. The number of rotatable bonds is 8. The molecule has 0 saturated carbocycles. The summed E-state index contributed by atoms with van der Waals surface area (Å²) >= 11 is 0. The van der Waals surface area contributed by atoms with Gasteiger partial charge in [-0.1, -0.05) is 25.9 Å². The Hall–Kier alpha value is -0.870. The van der Waals surface area contributed by atoms with Crippen molar-refractivity contribution in [2.75, 3.05) is 13.6 Å². The molecular formula is C14H27N3O. The number of nitrogens with zero attached hydrogens (tertiary/aromatic N) is 2. The van der Waals surface area contributed by atoms with Crippen LogP contribution in [0.1, 0.15) is 45.6 Å². The minimum atomic E-state index is 0.562. The van der Waals surface area contributed by atoms with Gasteiger partial charge in [-0.05, 0) is 32.9 Å². The fourth-order valence-electron chi connectivity index (χ4n) is 2.03. The second kappa shape index (κ2) is 7.54. The van der Waals surface area contributed by atoms with Crippen molar-refractivity contribution in [3.8, 4) is 0 Å². The second-order valence-corrected chi connectivity index (χ2v) is 5.46. The van der Waals surface area contributed by atoms with Crippen LogP contribution in [0.2, 0.25) is 0 Å². The van der Waals surface area contributed by atoms with E-state index in [1.807, 2.05) is 6.07 Å². The van der Waals surface area contributed by atoms with Crippen molar-refractivity contribution < 1.29 is 4.52 Å². The van der Waals surface area contributed by atoms with Crippen molar-refractivity contribution in [2.24, 2.45) is 5.92 Å². The lowest BCUT2D eigenvalue weighted by Crippen LogP contribution is -2.29. The van der Waals surface area contributed by atoms with E-state index in [9.17, 15) is 0 Å². The molecule has 0 amide bonds. The van der Waals surface area contributed by atoms with E-state index in [2.05, 4.69) is 50.1 Å². The van der Waals surface area contributed by atoms with Crippen LogP contribution in [0.25, 0.3) is 0 Å². The number of aromatic nitrogens is 1. The Labute approximate surface area is 111 Å². The van der Waals surface area contributed by atoms with Gasteiger partial charge < -0.3 is 9.84 Å². The first-order chi connectivity index (χ1) is 8.52. The van der Waals surface area contributed by atoms with Crippen molar-refractivity contribution in [3.63, 3.8) is 0 Å². The summed E-state index contributed by atoms with van der Waals surface area (Å²) in [4.78, 5) is 2.32. The average Bonchev–Trinajstić information content (AvgIpc) is 2.73. The lowest BCUT2D eigenvalue weighted by Gasteiger charge is -2.24. The second-order valence-electron chi connectivity index (χ2n) is 5.46. The van der Waals surface area contributed by atoms with Gasteiger partial charge in [-0.2, -0.15) is 0 Å². The standard InChI is InChI=1S/C14H27N3O/c1-6-15-9-13-8-14(18-16-13)10-17(5)12(4)7-11(2)3/h8,11-12,15H,6-7,9-10H2,1-5H3. The molecule has 0 radical (unpaired) electrons. The van der Waals surface area contributed by atoms with E-state index in [0.717, 1.165) is 37.0 Å². The summed E-state index contributed by atoms with van der Waals surface area (Å²) in [6.07, 6.45) is 1.20. The highest BCUT2D eigenvalue weighted by Gasteiger charge is 2.13. The Morgan fingerprint density at radius 2 is 2.11 bits per heavy atom. The summed E-state index contributed by atoms with van der Waals surface area (Å²) in [5, 5.41) is 7.31. The highest BCUT2D eigenvalue weighted by molar-refractivity contribution is 5.05. The van der Waals surface area contributed by atoms with Gasteiger partial charge in [0.15, 0.2) is 5.76 Å². The Kier molecular flexibility index (Phi) is 6.36. The summed E-state index contributed by atoms with van der Waals surface area (Å²) < 4.78 is 5.36. The van der Waals surface area contributed by atoms with Crippen LogP contribution in [-0.4, -0.2) is 29.7 Å². The zero-order valence-electron chi connectivity index (χ0n) is 12.4. The third kappa shape index (κ3) is 5.19. The Morgan fingerprint density at radius 3 is 2.72 bits per heavy atom. The summed E-state index contributed by atoms with van der Waals surface area (Å²) in [7, 11) is 2.14. The highest BCUT2D eigenvalue weighted by atomic mass is 16.5. The monoisotopic (exact) mass is 253 g/mol. The first-order valence-corrected chi connectivity index (χ1v) is 6.88. The van der Waals surface area contributed by atoms with Crippen LogP contribution in [0.5, 0.6) is 0 Å². The van der Waals surface area contributed by atoms with Crippen LogP contribution >= 0.6 is 0 Å². The summed E-state index contributed by atoms with van der Waals surface area (Å²) in [5.41, 5.74) is 0.983. The fraction of sp³-hybridized carbons (Fsp3) is 0.786. The van der Waals surface area contributed by atoms with Gasteiger partial charge in [-0.3, -0.25) is 4.90 Å². The summed E-state index contributed by atoms with van der Waals surface area (Å²) in [6.45, 7) is 11.4. The zero-order chi connectivity index (χ0) is 13.5. The maximum Gasteiger partial charge on any atom is 0.151 e. The minimum absolute atomic E-state index is 0.562. The molecule has 0 saturated heterocycles. The Morgan fingerprint density at radius 1 is 1.39 bits per heavy atom. The first-order valence-electron chi connectivity index (χ1n) is 6.88. The molecule has 0 aliphatic carbocycles. The molecule has 0 bridgehead atoms. The first kappa shape index (κ1) is 15.2. The molecule has 1 N–H and O–H groups in total. The molecule has 0 aliphatic rings. The molecule has 0 fully saturated rings. The van der Waals surface area contributed by atoms with Gasteiger partial charge in [-0.15, -0.1) is 0 Å². The maximum absolute atomic E-state index is 5.36. The third-order valence-electron chi connectivity index (χ3n) is 3.13. The van der Waals surface area contributed by atoms with Crippen molar-refractivity contribution in [2.45, 2.75) is 53.2 Å². The molecule has 1 aromatic rings. The van der Waals surface area contributed by atoms with Crippen LogP contribution < -0.4 is 5.32 Å². The van der Waals surface area contributed by atoms with Crippen molar-refractivity contribution in [1.82, 2.24) is 15.4 Å². The third-order valence-corrected chi connectivity index (χ3v) is 3.13. The average molecular weight is 253 g/mol. The SMILES string of the molecule is CCNCc1cc(CN(C)C(C)CC(C)C)on1. The predicted octanol–water partition coefficient (Wildman–Crippen LogP) is 2.65. The molecule has 4 heteroatoms. The summed E-state index contributed by atoms with van der Waals surface area (Å²) in [5.74, 6) is 1.67. The fourth-order valence-corrected chi connectivity index (χ4v) is 2.03. The molecular weight excluding hydrogens is 226 g/mol. The molecule has 18 heavy (non-hydrogen) atoms. The van der Waals surface area contributed by atoms with Gasteiger partial charge in [0.2, 0.25) is 0 Å². The molecule has 1 aromatic heterocycles. The van der Waals surface area contributed by atoms with E-state index < -0.39 is 0 Å². The molecule has 104 valence electrons. The van der Waals surface area contributed by atoms with Crippen molar-refractivity contribution in [3.05, 3.63) is 17.5 Å². The molecule has 1 rings (SSSR count). The van der Waals surface area contributed by atoms with Crippen LogP contribution in [0.4, 0.5) is 0 Å². The smallest absolute Gasteiger partial charge is 0.151 e. The van der Waals surface area contributed by atoms with Crippen LogP contribution in [-0.2, 0) is 13.1 Å².